The normalized spacial score (nSPS) is 23.9. The maximum absolute atomic E-state index is 4.17. The van der Waals surface area contributed by atoms with Gasteiger partial charge in [0.25, 0.3) is 0 Å². The molecule has 0 saturated carbocycles. The molecule has 2 saturated heterocycles. The van der Waals surface area contributed by atoms with Crippen LogP contribution in [-0.2, 0) is 0 Å². The van der Waals surface area contributed by atoms with Crippen LogP contribution in [0.2, 0.25) is 0 Å². The van der Waals surface area contributed by atoms with Gasteiger partial charge in [0.15, 0.2) is 0 Å². The molecule has 2 fully saturated rings. The standard InChI is InChI=1S/C12H17N3/c1-2-11(8-14-5-1)15-9-12(10-15)3-6-13-7-4-12/h1-2,5,8,13H,3-4,6-7,9-10H2. The molecule has 0 bridgehead atoms. The fraction of sp³-hybridized carbons (Fsp3) is 0.583. The third-order valence-electron chi connectivity index (χ3n) is 3.73. The first-order chi connectivity index (χ1) is 7.38. The van der Waals surface area contributed by atoms with Gasteiger partial charge in [-0.2, -0.15) is 0 Å². The number of anilines is 1. The third-order valence-corrected chi connectivity index (χ3v) is 3.73. The first-order valence-corrected chi connectivity index (χ1v) is 5.74. The van der Waals surface area contributed by atoms with Crippen molar-refractivity contribution in [2.75, 3.05) is 31.1 Å². The van der Waals surface area contributed by atoms with Crippen molar-refractivity contribution in [2.24, 2.45) is 5.41 Å². The van der Waals surface area contributed by atoms with Crippen molar-refractivity contribution in [1.82, 2.24) is 10.3 Å². The molecular weight excluding hydrogens is 186 g/mol. The lowest BCUT2D eigenvalue weighted by molar-refractivity contribution is 0.150. The highest BCUT2D eigenvalue weighted by Gasteiger charge is 2.43. The Hall–Kier alpha value is -1.09. The van der Waals surface area contributed by atoms with Gasteiger partial charge in [-0.3, -0.25) is 4.98 Å². The Kier molecular flexibility index (Phi) is 2.13. The maximum Gasteiger partial charge on any atom is 0.0553 e. The van der Waals surface area contributed by atoms with Crippen LogP contribution < -0.4 is 10.2 Å². The summed E-state index contributed by atoms with van der Waals surface area (Å²) >= 11 is 0. The molecule has 0 amide bonds. The van der Waals surface area contributed by atoms with Crippen LogP contribution >= 0.6 is 0 Å². The lowest BCUT2D eigenvalue weighted by Gasteiger charge is -2.53. The van der Waals surface area contributed by atoms with E-state index in [1.807, 2.05) is 18.5 Å². The Morgan fingerprint density at radius 2 is 2.07 bits per heavy atom. The van der Waals surface area contributed by atoms with Crippen molar-refractivity contribution in [3.05, 3.63) is 24.5 Å². The zero-order chi connectivity index (χ0) is 10.1. The number of nitrogens with zero attached hydrogens (tertiary/aromatic N) is 2. The van der Waals surface area contributed by atoms with Gasteiger partial charge >= 0.3 is 0 Å². The summed E-state index contributed by atoms with van der Waals surface area (Å²) in [5.74, 6) is 0. The second-order valence-corrected chi connectivity index (χ2v) is 4.82. The van der Waals surface area contributed by atoms with Crippen LogP contribution in [0.4, 0.5) is 5.69 Å². The van der Waals surface area contributed by atoms with E-state index >= 15 is 0 Å². The highest BCUT2D eigenvalue weighted by atomic mass is 15.2. The summed E-state index contributed by atoms with van der Waals surface area (Å²) < 4.78 is 0. The number of rotatable bonds is 1. The second kappa shape index (κ2) is 3.49. The van der Waals surface area contributed by atoms with E-state index in [9.17, 15) is 0 Å². The molecule has 2 aliphatic rings. The molecule has 1 aromatic rings. The first-order valence-electron chi connectivity index (χ1n) is 5.74. The van der Waals surface area contributed by atoms with E-state index in [2.05, 4.69) is 21.3 Å². The van der Waals surface area contributed by atoms with Crippen LogP contribution in [0.1, 0.15) is 12.8 Å². The molecule has 3 heteroatoms. The summed E-state index contributed by atoms with van der Waals surface area (Å²) in [6, 6.07) is 4.17. The van der Waals surface area contributed by atoms with Crippen LogP contribution in [0.3, 0.4) is 0 Å². The topological polar surface area (TPSA) is 28.2 Å². The Morgan fingerprint density at radius 3 is 2.73 bits per heavy atom. The molecule has 2 aliphatic heterocycles. The van der Waals surface area contributed by atoms with Crippen molar-refractivity contribution in [1.29, 1.82) is 0 Å². The molecule has 3 nitrogen and oxygen atoms in total. The van der Waals surface area contributed by atoms with Gasteiger partial charge < -0.3 is 10.2 Å². The summed E-state index contributed by atoms with van der Waals surface area (Å²) in [6.07, 6.45) is 6.48. The molecule has 15 heavy (non-hydrogen) atoms. The van der Waals surface area contributed by atoms with Gasteiger partial charge in [0.1, 0.15) is 0 Å². The quantitative estimate of drug-likeness (QED) is 0.745. The summed E-state index contributed by atoms with van der Waals surface area (Å²) in [6.45, 7) is 4.84. The van der Waals surface area contributed by atoms with Gasteiger partial charge in [0.2, 0.25) is 0 Å². The lowest BCUT2D eigenvalue weighted by atomic mass is 9.72. The SMILES string of the molecule is c1cncc(N2CC3(CCNCC3)C2)c1. The van der Waals surface area contributed by atoms with Crippen LogP contribution in [0.5, 0.6) is 0 Å². The number of piperidine rings is 1. The Morgan fingerprint density at radius 1 is 1.27 bits per heavy atom. The molecule has 1 N–H and O–H groups in total. The summed E-state index contributed by atoms with van der Waals surface area (Å²) in [7, 11) is 0. The molecule has 3 heterocycles. The average Bonchev–Trinajstić information content (AvgIpc) is 2.28. The first kappa shape index (κ1) is 9.16. The monoisotopic (exact) mass is 203 g/mol. The predicted octanol–water partition coefficient (Wildman–Crippen LogP) is 1.27. The zero-order valence-electron chi connectivity index (χ0n) is 8.95. The van der Waals surface area contributed by atoms with Crippen LogP contribution in [0.25, 0.3) is 0 Å². The third kappa shape index (κ3) is 1.61. The molecule has 80 valence electrons. The fourth-order valence-electron chi connectivity index (χ4n) is 2.76. The van der Waals surface area contributed by atoms with Gasteiger partial charge in [-0.05, 0) is 38.1 Å². The summed E-state index contributed by atoms with van der Waals surface area (Å²) in [5, 5.41) is 3.43. The van der Waals surface area contributed by atoms with E-state index in [-0.39, 0.29) is 0 Å². The van der Waals surface area contributed by atoms with Gasteiger partial charge in [0, 0.05) is 24.7 Å². The highest BCUT2D eigenvalue weighted by Crippen LogP contribution is 2.40. The van der Waals surface area contributed by atoms with E-state index in [0.717, 1.165) is 0 Å². The van der Waals surface area contributed by atoms with Crippen molar-refractivity contribution in [3.63, 3.8) is 0 Å². The van der Waals surface area contributed by atoms with Gasteiger partial charge in [-0.15, -0.1) is 0 Å². The van der Waals surface area contributed by atoms with Gasteiger partial charge in [0.05, 0.1) is 11.9 Å². The predicted molar refractivity (Wildman–Crippen MR) is 61.0 cm³/mol. The molecule has 0 radical (unpaired) electrons. The number of hydrogen-bond donors (Lipinski definition) is 1. The summed E-state index contributed by atoms with van der Waals surface area (Å²) in [5.41, 5.74) is 1.89. The van der Waals surface area contributed by atoms with Crippen molar-refractivity contribution in [3.8, 4) is 0 Å². The number of hydrogen-bond acceptors (Lipinski definition) is 3. The molecule has 0 unspecified atom stereocenters. The zero-order valence-corrected chi connectivity index (χ0v) is 8.95. The molecule has 1 spiro atoms. The number of nitrogens with one attached hydrogen (secondary N) is 1. The van der Waals surface area contributed by atoms with Crippen LogP contribution in [-0.4, -0.2) is 31.2 Å². The van der Waals surface area contributed by atoms with Crippen LogP contribution in [0.15, 0.2) is 24.5 Å². The minimum Gasteiger partial charge on any atom is -0.369 e. The Labute approximate surface area is 90.5 Å². The minimum absolute atomic E-state index is 0.612. The highest BCUT2D eigenvalue weighted by molar-refractivity contribution is 5.47. The maximum atomic E-state index is 4.17. The van der Waals surface area contributed by atoms with Crippen molar-refractivity contribution < 1.29 is 0 Å². The van der Waals surface area contributed by atoms with E-state index in [1.54, 1.807) is 0 Å². The molecule has 1 aromatic heterocycles. The van der Waals surface area contributed by atoms with E-state index in [0.29, 0.717) is 5.41 Å². The molecule has 0 aliphatic carbocycles. The van der Waals surface area contributed by atoms with E-state index < -0.39 is 0 Å². The molecule has 0 aromatic carbocycles. The van der Waals surface area contributed by atoms with Gasteiger partial charge in [-0.1, -0.05) is 0 Å². The Balaban J connectivity index is 1.66. The molecule has 3 rings (SSSR count). The van der Waals surface area contributed by atoms with Crippen molar-refractivity contribution in [2.45, 2.75) is 12.8 Å². The summed E-state index contributed by atoms with van der Waals surface area (Å²) in [4.78, 5) is 6.61. The number of pyridine rings is 1. The largest absolute Gasteiger partial charge is 0.369 e. The smallest absolute Gasteiger partial charge is 0.0553 e. The van der Waals surface area contributed by atoms with Gasteiger partial charge in [-0.25, -0.2) is 0 Å². The number of aromatic nitrogens is 1. The van der Waals surface area contributed by atoms with Crippen molar-refractivity contribution >= 4 is 5.69 Å². The fourth-order valence-corrected chi connectivity index (χ4v) is 2.76. The van der Waals surface area contributed by atoms with E-state index in [4.69, 9.17) is 0 Å². The van der Waals surface area contributed by atoms with Crippen LogP contribution in [0, 0.1) is 5.41 Å². The lowest BCUT2D eigenvalue weighted by Crippen LogP contribution is -2.60. The Bertz CT molecular complexity index is 322. The average molecular weight is 203 g/mol. The van der Waals surface area contributed by atoms with E-state index in [1.165, 1.54) is 44.7 Å². The minimum atomic E-state index is 0.612. The molecular formula is C12H17N3. The second-order valence-electron chi connectivity index (χ2n) is 4.82. The molecule has 0 atom stereocenters.